The van der Waals surface area contributed by atoms with E-state index in [1.54, 1.807) is 13.8 Å². The molecule has 0 aliphatic carbocycles. The number of guanidine groups is 1. The highest BCUT2D eigenvalue weighted by molar-refractivity contribution is 5.76. The molecule has 0 heterocycles. The maximum Gasteiger partial charge on any atom is 0.295 e. The number of nitrogens with two attached hydrogens (primary N) is 2. The van der Waals surface area contributed by atoms with Crippen LogP contribution >= 0.6 is 0 Å². The number of carbonyl (C=O) groups excluding carboxylic acids is 1. The molecule has 5 nitrogen and oxygen atoms in total. The summed E-state index contributed by atoms with van der Waals surface area (Å²) >= 11 is 0. The van der Waals surface area contributed by atoms with Crippen LogP contribution in [-0.2, 0) is 9.53 Å². The molecule has 0 aromatic carbocycles. The van der Waals surface area contributed by atoms with Crippen molar-refractivity contribution in [1.82, 2.24) is 0 Å². The fourth-order valence-electron chi connectivity index (χ4n) is 0.455. The zero-order valence-electron chi connectivity index (χ0n) is 6.00. The quantitative estimate of drug-likeness (QED) is 0.308. The van der Waals surface area contributed by atoms with Crippen LogP contribution in [0.5, 0.6) is 0 Å². The molecule has 0 aliphatic heterocycles. The molecule has 0 spiro atoms. The van der Waals surface area contributed by atoms with Gasteiger partial charge < -0.3 is 16.2 Å². The third kappa shape index (κ3) is 3.71. The Morgan fingerprint density at radius 2 is 2.10 bits per heavy atom. The Kier molecular flexibility index (Phi) is 2.66. The van der Waals surface area contributed by atoms with E-state index in [0.29, 0.717) is 6.47 Å². The summed E-state index contributed by atoms with van der Waals surface area (Å²) in [6.07, 6.45) is 0. The molecule has 5 heteroatoms. The molecular weight excluding hydrogens is 134 g/mol. The number of hydrogen-bond donors (Lipinski definition) is 2. The maximum atomic E-state index is 9.83. The zero-order chi connectivity index (χ0) is 8.20. The second-order valence-corrected chi connectivity index (χ2v) is 2.20. The predicted octanol–water partition coefficient (Wildman–Crippen LogP) is -0.831. The Hall–Kier alpha value is -1.26. The van der Waals surface area contributed by atoms with Gasteiger partial charge in [0.25, 0.3) is 6.47 Å². The van der Waals surface area contributed by atoms with E-state index < -0.39 is 5.72 Å². The number of carbonyl (C=O) groups is 1. The summed E-state index contributed by atoms with van der Waals surface area (Å²) in [6, 6.07) is 0. The minimum absolute atomic E-state index is 0.105. The molecule has 0 aromatic rings. The van der Waals surface area contributed by atoms with E-state index in [1.807, 2.05) is 0 Å². The van der Waals surface area contributed by atoms with Gasteiger partial charge in [0.15, 0.2) is 5.96 Å². The predicted molar refractivity (Wildman–Crippen MR) is 37.0 cm³/mol. The van der Waals surface area contributed by atoms with Gasteiger partial charge in [-0.2, -0.15) is 0 Å². The monoisotopic (exact) mass is 145 g/mol. The summed E-state index contributed by atoms with van der Waals surface area (Å²) in [7, 11) is 0. The van der Waals surface area contributed by atoms with Crippen LogP contribution in [-0.4, -0.2) is 18.2 Å². The molecule has 0 bridgehead atoms. The van der Waals surface area contributed by atoms with Crippen molar-refractivity contribution in [3.63, 3.8) is 0 Å². The van der Waals surface area contributed by atoms with Gasteiger partial charge in [-0.1, -0.05) is 0 Å². The summed E-state index contributed by atoms with van der Waals surface area (Å²) in [5.41, 5.74) is 9.12. The molecule has 0 atom stereocenters. The van der Waals surface area contributed by atoms with Crippen molar-refractivity contribution in [2.75, 3.05) is 0 Å². The molecular formula is C5H11N3O2. The molecule has 0 radical (unpaired) electrons. The van der Waals surface area contributed by atoms with Crippen LogP contribution in [0, 0.1) is 0 Å². The molecule has 0 saturated heterocycles. The Morgan fingerprint density at radius 3 is 2.40 bits per heavy atom. The summed E-state index contributed by atoms with van der Waals surface area (Å²) < 4.78 is 4.51. The van der Waals surface area contributed by atoms with Crippen molar-refractivity contribution in [2.24, 2.45) is 16.5 Å². The first-order valence-corrected chi connectivity index (χ1v) is 2.70. The lowest BCUT2D eigenvalue weighted by Gasteiger charge is -2.16. The fraction of sp³-hybridized carbons (Fsp3) is 0.600. The second-order valence-electron chi connectivity index (χ2n) is 2.20. The second kappa shape index (κ2) is 3.05. The molecule has 0 rings (SSSR count). The molecule has 58 valence electrons. The SMILES string of the molecule is CC(C)(N=C(N)N)OC=O. The van der Waals surface area contributed by atoms with E-state index >= 15 is 0 Å². The number of aliphatic imine (C=N–C) groups is 1. The lowest BCUT2D eigenvalue weighted by molar-refractivity contribution is -0.139. The Morgan fingerprint density at radius 1 is 1.60 bits per heavy atom. The Labute approximate surface area is 59.0 Å². The minimum Gasteiger partial charge on any atom is -0.440 e. The molecule has 0 amide bonds. The van der Waals surface area contributed by atoms with Gasteiger partial charge in [0, 0.05) is 0 Å². The van der Waals surface area contributed by atoms with Crippen molar-refractivity contribution in [3.8, 4) is 0 Å². The van der Waals surface area contributed by atoms with Gasteiger partial charge in [0.2, 0.25) is 5.72 Å². The number of hydrogen-bond acceptors (Lipinski definition) is 3. The van der Waals surface area contributed by atoms with Crippen LogP contribution in [0.4, 0.5) is 0 Å². The molecule has 10 heavy (non-hydrogen) atoms. The highest BCUT2D eigenvalue weighted by atomic mass is 16.5. The van der Waals surface area contributed by atoms with Crippen molar-refractivity contribution in [1.29, 1.82) is 0 Å². The molecule has 0 aliphatic rings. The molecule has 0 unspecified atom stereocenters. The van der Waals surface area contributed by atoms with E-state index in [4.69, 9.17) is 11.5 Å². The van der Waals surface area contributed by atoms with E-state index in [2.05, 4.69) is 9.73 Å². The van der Waals surface area contributed by atoms with E-state index in [0.717, 1.165) is 0 Å². The van der Waals surface area contributed by atoms with Gasteiger partial charge in [0.05, 0.1) is 0 Å². The molecule has 0 saturated carbocycles. The fourth-order valence-corrected chi connectivity index (χ4v) is 0.455. The summed E-state index contributed by atoms with van der Waals surface area (Å²) in [6.45, 7) is 3.44. The first-order chi connectivity index (χ1) is 4.48. The number of rotatable bonds is 3. The molecule has 4 N–H and O–H groups in total. The van der Waals surface area contributed by atoms with Gasteiger partial charge in [-0.15, -0.1) is 0 Å². The third-order valence-electron chi connectivity index (χ3n) is 0.735. The van der Waals surface area contributed by atoms with Gasteiger partial charge >= 0.3 is 0 Å². The lowest BCUT2D eigenvalue weighted by Crippen LogP contribution is -2.31. The third-order valence-corrected chi connectivity index (χ3v) is 0.735. The topological polar surface area (TPSA) is 90.7 Å². The normalized spacial score (nSPS) is 10.2. The van der Waals surface area contributed by atoms with Crippen molar-refractivity contribution < 1.29 is 9.53 Å². The average molecular weight is 145 g/mol. The van der Waals surface area contributed by atoms with Crippen LogP contribution in [0.3, 0.4) is 0 Å². The van der Waals surface area contributed by atoms with E-state index in [9.17, 15) is 4.79 Å². The Balaban J connectivity index is 4.11. The smallest absolute Gasteiger partial charge is 0.295 e. The van der Waals surface area contributed by atoms with E-state index in [-0.39, 0.29) is 5.96 Å². The molecule has 0 fully saturated rings. The van der Waals surface area contributed by atoms with Crippen molar-refractivity contribution in [3.05, 3.63) is 0 Å². The molecule has 0 aromatic heterocycles. The number of ether oxygens (including phenoxy) is 1. The summed E-state index contributed by atoms with van der Waals surface area (Å²) in [5, 5.41) is 0. The highest BCUT2D eigenvalue weighted by Crippen LogP contribution is 2.07. The minimum atomic E-state index is -0.958. The largest absolute Gasteiger partial charge is 0.440 e. The first-order valence-electron chi connectivity index (χ1n) is 2.70. The van der Waals surface area contributed by atoms with Crippen molar-refractivity contribution in [2.45, 2.75) is 19.6 Å². The van der Waals surface area contributed by atoms with E-state index in [1.165, 1.54) is 0 Å². The first kappa shape index (κ1) is 8.74. The van der Waals surface area contributed by atoms with Crippen LogP contribution in [0.25, 0.3) is 0 Å². The summed E-state index contributed by atoms with van der Waals surface area (Å²) in [4.78, 5) is 13.4. The standard InChI is InChI=1S/C5H11N3O2/c1-5(2,10-3-9)8-4(6)7/h3H,1-2H3,(H4,6,7,8). The zero-order valence-corrected chi connectivity index (χ0v) is 6.00. The van der Waals surface area contributed by atoms with Crippen LogP contribution in [0.1, 0.15) is 13.8 Å². The highest BCUT2D eigenvalue weighted by Gasteiger charge is 2.15. The average Bonchev–Trinajstić information content (AvgIpc) is 1.59. The van der Waals surface area contributed by atoms with Gasteiger partial charge in [-0.25, -0.2) is 4.99 Å². The lowest BCUT2D eigenvalue weighted by atomic mass is 10.3. The van der Waals surface area contributed by atoms with Crippen LogP contribution in [0.15, 0.2) is 4.99 Å². The van der Waals surface area contributed by atoms with Gasteiger partial charge in [-0.3, -0.25) is 4.79 Å². The Bertz CT molecular complexity index is 149. The van der Waals surface area contributed by atoms with Gasteiger partial charge in [0.1, 0.15) is 0 Å². The van der Waals surface area contributed by atoms with Crippen molar-refractivity contribution >= 4 is 12.4 Å². The summed E-state index contributed by atoms with van der Waals surface area (Å²) in [5.74, 6) is -0.105. The number of nitrogens with zero attached hydrogens (tertiary/aromatic N) is 1. The van der Waals surface area contributed by atoms with Gasteiger partial charge in [-0.05, 0) is 13.8 Å². The van der Waals surface area contributed by atoms with Crippen LogP contribution < -0.4 is 11.5 Å². The maximum absolute atomic E-state index is 9.83. The van der Waals surface area contributed by atoms with Crippen LogP contribution in [0.2, 0.25) is 0 Å².